The van der Waals surface area contributed by atoms with Crippen LogP contribution in [0, 0.1) is 0 Å². The minimum absolute atomic E-state index is 0.0277. The van der Waals surface area contributed by atoms with Crippen LogP contribution in [-0.2, 0) is 16.0 Å². The van der Waals surface area contributed by atoms with E-state index in [1.54, 1.807) is 24.3 Å². The summed E-state index contributed by atoms with van der Waals surface area (Å²) in [5, 5.41) is 5.69. The van der Waals surface area contributed by atoms with Crippen LogP contribution in [0.5, 0.6) is 0 Å². The number of anilines is 3. The average Bonchev–Trinajstić information content (AvgIpc) is 2.65. The molecule has 1 aliphatic rings. The number of nitrogens with one attached hydrogen (secondary N) is 2. The molecule has 5 heteroatoms. The maximum absolute atomic E-state index is 12.7. The maximum atomic E-state index is 12.7. The van der Waals surface area contributed by atoms with E-state index in [0.29, 0.717) is 18.3 Å². The van der Waals surface area contributed by atoms with Crippen LogP contribution in [0.4, 0.5) is 17.1 Å². The van der Waals surface area contributed by atoms with E-state index in [-0.39, 0.29) is 11.8 Å². The molecule has 2 aromatic carbocycles. The standard InChI is InChI=1S/C22H27N3O2/c1-3-6-20-14-9-17-7-4-5-8-21(17)25(20)15-22(27)24-19-12-10-18(11-13-19)23-16(2)26/h4-5,7-8,10-13,20H,3,6,9,14-15H2,1-2H3,(H,23,26)(H,24,27). The number of para-hydroxylation sites is 1. The number of aryl methyl sites for hydroxylation is 1. The van der Waals surface area contributed by atoms with E-state index in [4.69, 9.17) is 0 Å². The molecular weight excluding hydrogens is 338 g/mol. The molecule has 2 aromatic rings. The largest absolute Gasteiger partial charge is 0.359 e. The van der Waals surface area contributed by atoms with Crippen LogP contribution >= 0.6 is 0 Å². The van der Waals surface area contributed by atoms with E-state index in [0.717, 1.165) is 31.4 Å². The molecule has 1 unspecified atom stereocenters. The minimum atomic E-state index is -0.113. The number of hydrogen-bond donors (Lipinski definition) is 2. The molecule has 0 bridgehead atoms. The third-order valence-corrected chi connectivity index (χ3v) is 4.91. The molecule has 0 saturated carbocycles. The maximum Gasteiger partial charge on any atom is 0.243 e. The Morgan fingerprint density at radius 2 is 1.70 bits per heavy atom. The first-order valence-electron chi connectivity index (χ1n) is 9.59. The molecule has 0 fully saturated rings. The second kappa shape index (κ2) is 8.71. The Hall–Kier alpha value is -2.82. The molecule has 0 saturated heterocycles. The van der Waals surface area contributed by atoms with Crippen molar-refractivity contribution in [3.63, 3.8) is 0 Å². The predicted molar refractivity (Wildman–Crippen MR) is 110 cm³/mol. The molecule has 142 valence electrons. The van der Waals surface area contributed by atoms with Crippen LogP contribution in [0.2, 0.25) is 0 Å². The second-order valence-corrected chi connectivity index (χ2v) is 7.04. The number of amides is 2. The van der Waals surface area contributed by atoms with Gasteiger partial charge in [-0.3, -0.25) is 9.59 Å². The van der Waals surface area contributed by atoms with Gasteiger partial charge in [-0.25, -0.2) is 0 Å². The molecule has 2 N–H and O–H groups in total. The van der Waals surface area contributed by atoms with Crippen molar-refractivity contribution in [2.24, 2.45) is 0 Å². The van der Waals surface area contributed by atoms with E-state index in [2.05, 4.69) is 40.7 Å². The highest BCUT2D eigenvalue weighted by molar-refractivity contribution is 5.95. The summed E-state index contributed by atoms with van der Waals surface area (Å²) in [6.45, 7) is 4.00. The Balaban J connectivity index is 1.69. The Kier molecular flexibility index (Phi) is 6.12. The zero-order valence-corrected chi connectivity index (χ0v) is 16.0. The Bertz CT molecular complexity index is 801. The van der Waals surface area contributed by atoms with E-state index in [1.807, 2.05) is 6.07 Å². The summed E-state index contributed by atoms with van der Waals surface area (Å²) in [4.78, 5) is 26.0. The first-order valence-corrected chi connectivity index (χ1v) is 9.59. The summed E-state index contributed by atoms with van der Waals surface area (Å²) >= 11 is 0. The number of benzene rings is 2. The average molecular weight is 365 g/mol. The van der Waals surface area contributed by atoms with E-state index in [1.165, 1.54) is 18.2 Å². The van der Waals surface area contributed by atoms with Crippen LogP contribution < -0.4 is 15.5 Å². The molecule has 0 spiro atoms. The molecule has 27 heavy (non-hydrogen) atoms. The van der Waals surface area contributed by atoms with Crippen molar-refractivity contribution in [2.45, 2.75) is 45.6 Å². The molecule has 5 nitrogen and oxygen atoms in total. The predicted octanol–water partition coefficient (Wildman–Crippen LogP) is 4.21. The van der Waals surface area contributed by atoms with Crippen LogP contribution in [0.1, 0.15) is 38.7 Å². The Morgan fingerprint density at radius 1 is 1.04 bits per heavy atom. The van der Waals surface area contributed by atoms with E-state index >= 15 is 0 Å². The van der Waals surface area contributed by atoms with Gasteiger partial charge in [-0.2, -0.15) is 0 Å². The fourth-order valence-electron chi connectivity index (χ4n) is 3.72. The zero-order valence-electron chi connectivity index (χ0n) is 16.0. The first-order chi connectivity index (χ1) is 13.1. The van der Waals surface area contributed by atoms with Crippen LogP contribution in [0.15, 0.2) is 48.5 Å². The van der Waals surface area contributed by atoms with Crippen molar-refractivity contribution in [2.75, 3.05) is 22.1 Å². The Morgan fingerprint density at radius 3 is 2.37 bits per heavy atom. The molecule has 0 aliphatic carbocycles. The van der Waals surface area contributed by atoms with E-state index < -0.39 is 0 Å². The molecule has 0 aromatic heterocycles. The van der Waals surface area contributed by atoms with Crippen LogP contribution in [0.3, 0.4) is 0 Å². The number of fused-ring (bicyclic) bond motifs is 1. The lowest BCUT2D eigenvalue weighted by atomic mass is 9.93. The third-order valence-electron chi connectivity index (χ3n) is 4.91. The molecule has 2 amide bonds. The number of carbonyl (C=O) groups is 2. The number of nitrogens with zero attached hydrogens (tertiary/aromatic N) is 1. The number of rotatable bonds is 6. The molecule has 1 aliphatic heterocycles. The van der Waals surface area contributed by atoms with Gasteiger partial charge in [0.15, 0.2) is 0 Å². The lowest BCUT2D eigenvalue weighted by Gasteiger charge is -2.38. The monoisotopic (exact) mass is 365 g/mol. The van der Waals surface area contributed by atoms with Gasteiger partial charge in [0.25, 0.3) is 0 Å². The van der Waals surface area contributed by atoms with Crippen molar-refractivity contribution in [3.05, 3.63) is 54.1 Å². The first kappa shape index (κ1) is 19.0. The highest BCUT2D eigenvalue weighted by Crippen LogP contribution is 2.32. The van der Waals surface area contributed by atoms with Crippen molar-refractivity contribution in [3.8, 4) is 0 Å². The van der Waals surface area contributed by atoms with Crippen LogP contribution in [0.25, 0.3) is 0 Å². The van der Waals surface area contributed by atoms with Crippen LogP contribution in [-0.4, -0.2) is 24.4 Å². The summed E-state index contributed by atoms with van der Waals surface area (Å²) in [5.41, 5.74) is 3.94. The summed E-state index contributed by atoms with van der Waals surface area (Å²) in [6, 6.07) is 16.0. The SMILES string of the molecule is CCCC1CCc2ccccc2N1CC(=O)Nc1ccc(NC(C)=O)cc1. The van der Waals surface area contributed by atoms with Crippen molar-refractivity contribution < 1.29 is 9.59 Å². The quantitative estimate of drug-likeness (QED) is 0.806. The highest BCUT2D eigenvalue weighted by Gasteiger charge is 2.26. The van der Waals surface area contributed by atoms with Crippen molar-refractivity contribution in [1.82, 2.24) is 0 Å². The minimum Gasteiger partial charge on any atom is -0.359 e. The molecule has 0 radical (unpaired) electrons. The van der Waals surface area contributed by atoms with Gasteiger partial charge in [0.1, 0.15) is 0 Å². The number of hydrogen-bond acceptors (Lipinski definition) is 3. The van der Waals surface area contributed by atoms with E-state index in [9.17, 15) is 9.59 Å². The van der Waals surface area contributed by atoms with Gasteiger partial charge in [0.05, 0.1) is 6.54 Å². The fraction of sp³-hybridized carbons (Fsp3) is 0.364. The lowest BCUT2D eigenvalue weighted by Crippen LogP contribution is -2.44. The van der Waals surface area contributed by atoms with Gasteiger partial charge in [0, 0.05) is 30.0 Å². The lowest BCUT2D eigenvalue weighted by molar-refractivity contribution is -0.115. The molecule has 3 rings (SSSR count). The van der Waals surface area contributed by atoms with Gasteiger partial charge < -0.3 is 15.5 Å². The summed E-state index contributed by atoms with van der Waals surface area (Å²) in [6.07, 6.45) is 4.36. The van der Waals surface area contributed by atoms with Crippen molar-refractivity contribution >= 4 is 28.9 Å². The highest BCUT2D eigenvalue weighted by atomic mass is 16.2. The van der Waals surface area contributed by atoms with Crippen molar-refractivity contribution in [1.29, 1.82) is 0 Å². The summed E-state index contributed by atoms with van der Waals surface area (Å²) in [7, 11) is 0. The number of carbonyl (C=O) groups excluding carboxylic acids is 2. The summed E-state index contributed by atoms with van der Waals surface area (Å²) in [5.74, 6) is -0.141. The second-order valence-electron chi connectivity index (χ2n) is 7.04. The van der Waals surface area contributed by atoms with Gasteiger partial charge in [-0.1, -0.05) is 31.5 Å². The van der Waals surface area contributed by atoms with Gasteiger partial charge in [-0.05, 0) is 55.2 Å². The third kappa shape index (κ3) is 4.88. The smallest absolute Gasteiger partial charge is 0.243 e. The normalized spacial score (nSPS) is 15.8. The summed E-state index contributed by atoms with van der Waals surface area (Å²) < 4.78 is 0. The Labute approximate surface area is 160 Å². The van der Waals surface area contributed by atoms with Gasteiger partial charge >= 0.3 is 0 Å². The van der Waals surface area contributed by atoms with Gasteiger partial charge in [-0.15, -0.1) is 0 Å². The van der Waals surface area contributed by atoms with Gasteiger partial charge in [0.2, 0.25) is 11.8 Å². The zero-order chi connectivity index (χ0) is 19.2. The topological polar surface area (TPSA) is 61.4 Å². The molecule has 1 heterocycles. The molecular formula is C22H27N3O2. The molecule has 1 atom stereocenters. The fourth-order valence-corrected chi connectivity index (χ4v) is 3.72.